The summed E-state index contributed by atoms with van der Waals surface area (Å²) in [6.07, 6.45) is 1.68. The van der Waals surface area contributed by atoms with Gasteiger partial charge in [-0.25, -0.2) is 8.42 Å². The van der Waals surface area contributed by atoms with Crippen molar-refractivity contribution in [2.24, 2.45) is 0 Å². The third-order valence-corrected chi connectivity index (χ3v) is 6.24. The number of ether oxygens (including phenoxy) is 1. The largest absolute Gasteiger partial charge is 0.372 e. The lowest BCUT2D eigenvalue weighted by Gasteiger charge is -2.44. The number of halogens is 1. The van der Waals surface area contributed by atoms with Crippen molar-refractivity contribution < 1.29 is 13.2 Å². The number of piperidine rings is 1. The van der Waals surface area contributed by atoms with Gasteiger partial charge in [0, 0.05) is 18.1 Å². The average Bonchev–Trinajstić information content (AvgIpc) is 2.48. The molecule has 0 saturated carbocycles. The van der Waals surface area contributed by atoms with Crippen LogP contribution in [0.3, 0.4) is 0 Å². The van der Waals surface area contributed by atoms with Gasteiger partial charge in [-0.2, -0.15) is 4.31 Å². The highest BCUT2D eigenvalue weighted by atomic mass is 35.5. The van der Waals surface area contributed by atoms with Crippen LogP contribution < -0.4 is 5.32 Å². The smallest absolute Gasteiger partial charge is 0.243 e. The summed E-state index contributed by atoms with van der Waals surface area (Å²) in [5.74, 6) is 0. The SMILES string of the molecule is O=S(=O)(c1cccc(Cl)c1)N1CCOC2(CCNCC2)C1. The third-order valence-electron chi connectivity index (χ3n) is 4.16. The molecule has 1 aromatic rings. The van der Waals surface area contributed by atoms with Crippen LogP contribution in [0.25, 0.3) is 0 Å². The molecule has 3 rings (SSSR count). The number of sulfonamides is 1. The quantitative estimate of drug-likeness (QED) is 0.892. The van der Waals surface area contributed by atoms with Crippen molar-refractivity contribution in [3.05, 3.63) is 29.3 Å². The molecule has 7 heteroatoms. The van der Waals surface area contributed by atoms with Crippen LogP contribution in [0.4, 0.5) is 0 Å². The molecular weight excluding hydrogens is 312 g/mol. The van der Waals surface area contributed by atoms with E-state index >= 15 is 0 Å². The number of hydrogen-bond donors (Lipinski definition) is 1. The molecule has 5 nitrogen and oxygen atoms in total. The van der Waals surface area contributed by atoms with E-state index < -0.39 is 10.0 Å². The molecule has 2 aliphatic rings. The predicted octanol–water partition coefficient (Wildman–Crippen LogP) is 1.48. The molecule has 0 radical (unpaired) electrons. The first-order chi connectivity index (χ1) is 10.0. The van der Waals surface area contributed by atoms with E-state index in [9.17, 15) is 8.42 Å². The standard InChI is InChI=1S/C14H19ClN2O3S/c15-12-2-1-3-13(10-12)21(18,19)17-8-9-20-14(11-17)4-6-16-7-5-14/h1-3,10,16H,4-9,11H2. The summed E-state index contributed by atoms with van der Waals surface area (Å²) in [4.78, 5) is 0.251. The lowest BCUT2D eigenvalue weighted by Crippen LogP contribution is -2.57. The highest BCUT2D eigenvalue weighted by Crippen LogP contribution is 2.30. The average molecular weight is 331 g/mol. The molecule has 0 atom stereocenters. The Morgan fingerprint density at radius 1 is 1.29 bits per heavy atom. The topological polar surface area (TPSA) is 58.6 Å². The summed E-state index contributed by atoms with van der Waals surface area (Å²) in [6.45, 7) is 2.99. The number of rotatable bonds is 2. The summed E-state index contributed by atoms with van der Waals surface area (Å²) < 4.78 is 33.0. The van der Waals surface area contributed by atoms with Gasteiger partial charge in [-0.15, -0.1) is 0 Å². The monoisotopic (exact) mass is 330 g/mol. The number of nitrogens with one attached hydrogen (secondary N) is 1. The molecule has 2 fully saturated rings. The number of morpholine rings is 1. The Morgan fingerprint density at radius 3 is 2.76 bits per heavy atom. The predicted molar refractivity (Wildman–Crippen MR) is 81.0 cm³/mol. The molecule has 0 amide bonds. The third kappa shape index (κ3) is 3.10. The van der Waals surface area contributed by atoms with Gasteiger partial charge in [0.2, 0.25) is 10.0 Å². The lowest BCUT2D eigenvalue weighted by atomic mass is 9.91. The first-order valence-corrected chi connectivity index (χ1v) is 8.94. The Hall–Kier alpha value is -0.660. The summed E-state index contributed by atoms with van der Waals surface area (Å²) in [5, 5.41) is 3.72. The maximum absolute atomic E-state index is 12.8. The Morgan fingerprint density at radius 2 is 2.05 bits per heavy atom. The fourth-order valence-corrected chi connectivity index (χ4v) is 4.78. The normalized spacial score (nSPS) is 23.3. The van der Waals surface area contributed by atoms with E-state index in [1.54, 1.807) is 18.2 Å². The van der Waals surface area contributed by atoms with E-state index in [2.05, 4.69) is 5.32 Å². The molecule has 0 aromatic heterocycles. The number of hydrogen-bond acceptors (Lipinski definition) is 4. The van der Waals surface area contributed by atoms with E-state index in [4.69, 9.17) is 16.3 Å². The second-order valence-corrected chi connectivity index (χ2v) is 7.95. The van der Waals surface area contributed by atoms with Crippen molar-refractivity contribution in [2.45, 2.75) is 23.3 Å². The molecule has 0 unspecified atom stereocenters. The first kappa shape index (κ1) is 15.2. The Balaban J connectivity index is 1.85. The summed E-state index contributed by atoms with van der Waals surface area (Å²) in [5.41, 5.74) is -0.338. The highest BCUT2D eigenvalue weighted by molar-refractivity contribution is 7.89. The van der Waals surface area contributed by atoms with Crippen LogP contribution in [0.2, 0.25) is 5.02 Å². The van der Waals surface area contributed by atoms with E-state index in [1.807, 2.05) is 0 Å². The molecule has 2 heterocycles. The van der Waals surface area contributed by atoms with Crippen LogP contribution in [0.1, 0.15) is 12.8 Å². The van der Waals surface area contributed by atoms with Crippen molar-refractivity contribution in [3.63, 3.8) is 0 Å². The van der Waals surface area contributed by atoms with E-state index in [0.717, 1.165) is 25.9 Å². The second kappa shape index (κ2) is 5.85. The number of nitrogens with zero attached hydrogens (tertiary/aromatic N) is 1. The lowest BCUT2D eigenvalue weighted by molar-refractivity contribution is -0.105. The molecule has 21 heavy (non-hydrogen) atoms. The van der Waals surface area contributed by atoms with Crippen LogP contribution in [0.5, 0.6) is 0 Å². The summed E-state index contributed by atoms with van der Waals surface area (Å²) in [7, 11) is -3.51. The molecule has 2 aliphatic heterocycles. The van der Waals surface area contributed by atoms with Crippen LogP contribution >= 0.6 is 11.6 Å². The Kier molecular flexibility index (Phi) is 4.25. The van der Waals surface area contributed by atoms with Crippen molar-refractivity contribution in [1.29, 1.82) is 0 Å². The molecule has 1 aromatic carbocycles. The van der Waals surface area contributed by atoms with Gasteiger partial charge < -0.3 is 10.1 Å². The van der Waals surface area contributed by atoms with Gasteiger partial charge in [-0.05, 0) is 44.1 Å². The zero-order chi connectivity index (χ0) is 14.9. The molecule has 1 N–H and O–H groups in total. The maximum Gasteiger partial charge on any atom is 0.243 e. The minimum Gasteiger partial charge on any atom is -0.372 e. The van der Waals surface area contributed by atoms with E-state index in [1.165, 1.54) is 10.4 Å². The molecule has 2 saturated heterocycles. The highest BCUT2D eigenvalue weighted by Gasteiger charge is 2.41. The fraction of sp³-hybridized carbons (Fsp3) is 0.571. The van der Waals surface area contributed by atoms with Crippen LogP contribution in [-0.4, -0.2) is 51.1 Å². The molecule has 0 aliphatic carbocycles. The van der Waals surface area contributed by atoms with Gasteiger partial charge >= 0.3 is 0 Å². The van der Waals surface area contributed by atoms with Crippen LogP contribution in [0, 0.1) is 0 Å². The van der Waals surface area contributed by atoms with Gasteiger partial charge in [0.1, 0.15) is 0 Å². The summed E-state index contributed by atoms with van der Waals surface area (Å²) in [6, 6.07) is 6.43. The van der Waals surface area contributed by atoms with Gasteiger partial charge in [-0.1, -0.05) is 17.7 Å². The first-order valence-electron chi connectivity index (χ1n) is 7.12. The van der Waals surface area contributed by atoms with Crippen LogP contribution in [0.15, 0.2) is 29.2 Å². The van der Waals surface area contributed by atoms with Gasteiger partial charge in [-0.3, -0.25) is 0 Å². The maximum atomic E-state index is 12.8. The van der Waals surface area contributed by atoms with Crippen molar-refractivity contribution >= 4 is 21.6 Å². The fourth-order valence-electron chi connectivity index (χ4n) is 2.98. The van der Waals surface area contributed by atoms with E-state index in [-0.39, 0.29) is 10.5 Å². The Bertz CT molecular complexity index is 609. The van der Waals surface area contributed by atoms with Gasteiger partial charge in [0.25, 0.3) is 0 Å². The van der Waals surface area contributed by atoms with Crippen molar-refractivity contribution in [1.82, 2.24) is 9.62 Å². The van der Waals surface area contributed by atoms with E-state index in [0.29, 0.717) is 24.7 Å². The molecule has 1 spiro atoms. The second-order valence-electron chi connectivity index (χ2n) is 5.58. The van der Waals surface area contributed by atoms with Crippen molar-refractivity contribution in [3.8, 4) is 0 Å². The molecule has 0 bridgehead atoms. The zero-order valence-corrected chi connectivity index (χ0v) is 13.3. The minimum atomic E-state index is -3.51. The molecule has 116 valence electrons. The molecular formula is C14H19ClN2O3S. The minimum absolute atomic E-state index is 0.251. The number of benzene rings is 1. The van der Waals surface area contributed by atoms with Crippen molar-refractivity contribution in [2.75, 3.05) is 32.8 Å². The van der Waals surface area contributed by atoms with Gasteiger partial charge in [0.15, 0.2) is 0 Å². The summed E-state index contributed by atoms with van der Waals surface area (Å²) >= 11 is 5.92. The van der Waals surface area contributed by atoms with Gasteiger partial charge in [0.05, 0.1) is 17.1 Å². The van der Waals surface area contributed by atoms with Crippen LogP contribution in [-0.2, 0) is 14.8 Å². The Labute approximate surface area is 130 Å². The zero-order valence-electron chi connectivity index (χ0n) is 11.7.